The van der Waals surface area contributed by atoms with Gasteiger partial charge in [0, 0.05) is 12.6 Å². The first-order valence-electron chi connectivity index (χ1n) is 4.99. The Morgan fingerprint density at radius 2 is 2.23 bits per heavy atom. The summed E-state index contributed by atoms with van der Waals surface area (Å²) in [5, 5.41) is 8.97. The lowest BCUT2D eigenvalue weighted by molar-refractivity contribution is -0.144. The molecule has 13 heavy (non-hydrogen) atoms. The fourth-order valence-electron chi connectivity index (χ4n) is 1.67. The lowest BCUT2D eigenvalue weighted by Crippen LogP contribution is -2.49. The molecule has 2 unspecified atom stereocenters. The Morgan fingerprint density at radius 3 is 2.46 bits per heavy atom. The molecule has 0 saturated carbocycles. The van der Waals surface area contributed by atoms with Crippen molar-refractivity contribution >= 4 is 5.97 Å². The van der Waals surface area contributed by atoms with Crippen LogP contribution in [0.3, 0.4) is 0 Å². The number of carbonyl (C=O) groups is 1. The lowest BCUT2D eigenvalue weighted by Gasteiger charge is -2.40. The molecule has 1 N–H and O–H groups in total. The second-order valence-electron chi connectivity index (χ2n) is 4.32. The highest BCUT2D eigenvalue weighted by atomic mass is 16.4. The van der Waals surface area contributed by atoms with E-state index in [4.69, 9.17) is 5.11 Å². The Morgan fingerprint density at radius 1 is 1.62 bits per heavy atom. The standard InChI is InChI=1S/C10H19NO2/c1-7(2)9(10(12)13)6-11-5-4-8(11)3/h7-9H,4-6H2,1-3H3,(H,12,13). The van der Waals surface area contributed by atoms with Crippen LogP contribution in [0.5, 0.6) is 0 Å². The number of rotatable bonds is 4. The molecule has 1 aliphatic heterocycles. The molecular formula is C10H19NO2. The van der Waals surface area contributed by atoms with E-state index < -0.39 is 5.97 Å². The zero-order chi connectivity index (χ0) is 10.0. The topological polar surface area (TPSA) is 40.5 Å². The van der Waals surface area contributed by atoms with Gasteiger partial charge in [-0.3, -0.25) is 9.69 Å². The minimum Gasteiger partial charge on any atom is -0.481 e. The third-order valence-corrected chi connectivity index (χ3v) is 3.01. The van der Waals surface area contributed by atoms with Crippen molar-refractivity contribution in [1.82, 2.24) is 4.90 Å². The number of nitrogens with zero attached hydrogens (tertiary/aromatic N) is 1. The Bertz CT molecular complexity index is 191. The number of carboxylic acids is 1. The summed E-state index contributed by atoms with van der Waals surface area (Å²) in [7, 11) is 0. The zero-order valence-corrected chi connectivity index (χ0v) is 8.66. The minimum absolute atomic E-state index is 0.206. The molecule has 0 amide bonds. The van der Waals surface area contributed by atoms with Crippen molar-refractivity contribution in [3.63, 3.8) is 0 Å². The van der Waals surface area contributed by atoms with Crippen molar-refractivity contribution in [3.8, 4) is 0 Å². The second kappa shape index (κ2) is 4.09. The molecule has 3 nitrogen and oxygen atoms in total. The van der Waals surface area contributed by atoms with Crippen LogP contribution in [0.25, 0.3) is 0 Å². The molecule has 76 valence electrons. The van der Waals surface area contributed by atoms with Gasteiger partial charge in [0.1, 0.15) is 0 Å². The number of hydrogen-bond acceptors (Lipinski definition) is 2. The number of carboxylic acid groups (broad SMARTS) is 1. The highest BCUT2D eigenvalue weighted by Gasteiger charge is 2.30. The molecule has 1 aliphatic rings. The van der Waals surface area contributed by atoms with Gasteiger partial charge in [-0.25, -0.2) is 0 Å². The Kier molecular flexibility index (Phi) is 3.31. The molecule has 0 bridgehead atoms. The van der Waals surface area contributed by atoms with Crippen LogP contribution < -0.4 is 0 Å². The van der Waals surface area contributed by atoms with Gasteiger partial charge >= 0.3 is 5.97 Å². The van der Waals surface area contributed by atoms with Gasteiger partial charge in [-0.2, -0.15) is 0 Å². The van der Waals surface area contributed by atoms with Crippen LogP contribution in [0, 0.1) is 11.8 Å². The first-order valence-corrected chi connectivity index (χ1v) is 4.99. The van der Waals surface area contributed by atoms with Crippen LogP contribution in [-0.4, -0.2) is 35.1 Å². The number of hydrogen-bond donors (Lipinski definition) is 1. The van der Waals surface area contributed by atoms with Crippen molar-refractivity contribution in [3.05, 3.63) is 0 Å². The van der Waals surface area contributed by atoms with Gasteiger partial charge in [0.05, 0.1) is 5.92 Å². The summed E-state index contributed by atoms with van der Waals surface area (Å²) in [4.78, 5) is 13.1. The molecule has 0 radical (unpaired) electrons. The first-order chi connectivity index (χ1) is 6.02. The van der Waals surface area contributed by atoms with E-state index in [1.165, 1.54) is 6.42 Å². The van der Waals surface area contributed by atoms with E-state index in [1.54, 1.807) is 0 Å². The van der Waals surface area contributed by atoms with E-state index in [9.17, 15) is 4.79 Å². The highest BCUT2D eigenvalue weighted by molar-refractivity contribution is 5.70. The Labute approximate surface area is 79.7 Å². The molecule has 1 fully saturated rings. The summed E-state index contributed by atoms with van der Waals surface area (Å²) in [6, 6.07) is 0.584. The van der Waals surface area contributed by atoms with Crippen molar-refractivity contribution in [2.75, 3.05) is 13.1 Å². The Hall–Kier alpha value is -0.570. The fraction of sp³-hybridized carbons (Fsp3) is 0.900. The summed E-state index contributed by atoms with van der Waals surface area (Å²) in [5.41, 5.74) is 0. The van der Waals surface area contributed by atoms with Crippen molar-refractivity contribution in [2.45, 2.75) is 33.2 Å². The van der Waals surface area contributed by atoms with Gasteiger partial charge in [-0.05, 0) is 25.8 Å². The summed E-state index contributed by atoms with van der Waals surface area (Å²) in [6.45, 7) is 7.89. The van der Waals surface area contributed by atoms with E-state index in [2.05, 4.69) is 11.8 Å². The average molecular weight is 185 g/mol. The van der Waals surface area contributed by atoms with Gasteiger partial charge in [-0.1, -0.05) is 13.8 Å². The van der Waals surface area contributed by atoms with E-state index in [0.717, 1.165) is 6.54 Å². The first kappa shape index (κ1) is 10.5. The largest absolute Gasteiger partial charge is 0.481 e. The Balaban J connectivity index is 2.43. The summed E-state index contributed by atoms with van der Waals surface area (Å²) in [6.07, 6.45) is 1.21. The average Bonchev–Trinajstić information content (AvgIpc) is 2.01. The predicted molar refractivity (Wildman–Crippen MR) is 51.6 cm³/mol. The molecule has 1 heterocycles. The smallest absolute Gasteiger partial charge is 0.308 e. The summed E-state index contributed by atoms with van der Waals surface area (Å²) < 4.78 is 0. The molecule has 3 heteroatoms. The monoisotopic (exact) mass is 185 g/mol. The fourth-order valence-corrected chi connectivity index (χ4v) is 1.67. The van der Waals surface area contributed by atoms with Gasteiger partial charge < -0.3 is 5.11 Å². The van der Waals surface area contributed by atoms with E-state index in [0.29, 0.717) is 12.6 Å². The summed E-state index contributed by atoms with van der Waals surface area (Å²) >= 11 is 0. The van der Waals surface area contributed by atoms with Crippen LogP contribution in [-0.2, 0) is 4.79 Å². The van der Waals surface area contributed by atoms with Gasteiger partial charge in [0.2, 0.25) is 0 Å². The molecule has 0 aromatic rings. The predicted octanol–water partition coefficient (Wildman–Crippen LogP) is 1.44. The zero-order valence-electron chi connectivity index (χ0n) is 8.66. The van der Waals surface area contributed by atoms with Crippen LogP contribution in [0.2, 0.25) is 0 Å². The third kappa shape index (κ3) is 2.44. The molecule has 0 aromatic carbocycles. The molecule has 0 aliphatic carbocycles. The van der Waals surface area contributed by atoms with Crippen molar-refractivity contribution in [1.29, 1.82) is 0 Å². The van der Waals surface area contributed by atoms with Crippen LogP contribution in [0.4, 0.5) is 0 Å². The molecular weight excluding hydrogens is 166 g/mol. The number of likely N-dealkylation sites (tertiary alicyclic amines) is 1. The van der Waals surface area contributed by atoms with E-state index >= 15 is 0 Å². The van der Waals surface area contributed by atoms with Crippen LogP contribution in [0.1, 0.15) is 27.2 Å². The van der Waals surface area contributed by atoms with Gasteiger partial charge in [0.25, 0.3) is 0 Å². The molecule has 2 atom stereocenters. The molecule has 1 saturated heterocycles. The highest BCUT2D eigenvalue weighted by Crippen LogP contribution is 2.21. The third-order valence-electron chi connectivity index (χ3n) is 3.01. The summed E-state index contributed by atoms with van der Waals surface area (Å²) in [5.74, 6) is -0.637. The van der Waals surface area contributed by atoms with Gasteiger partial charge in [0.15, 0.2) is 0 Å². The molecule has 0 spiro atoms. The second-order valence-corrected chi connectivity index (χ2v) is 4.32. The van der Waals surface area contributed by atoms with Gasteiger partial charge in [-0.15, -0.1) is 0 Å². The van der Waals surface area contributed by atoms with E-state index in [1.807, 2.05) is 13.8 Å². The van der Waals surface area contributed by atoms with E-state index in [-0.39, 0.29) is 11.8 Å². The molecule has 0 aromatic heterocycles. The van der Waals surface area contributed by atoms with Crippen LogP contribution >= 0.6 is 0 Å². The lowest BCUT2D eigenvalue weighted by atomic mass is 9.92. The SMILES string of the molecule is CC(C)C(CN1CCC1C)C(=O)O. The van der Waals surface area contributed by atoms with Crippen molar-refractivity contribution in [2.24, 2.45) is 11.8 Å². The normalized spacial score (nSPS) is 25.7. The quantitative estimate of drug-likeness (QED) is 0.720. The maximum absolute atomic E-state index is 10.9. The number of aliphatic carboxylic acids is 1. The van der Waals surface area contributed by atoms with Crippen LogP contribution in [0.15, 0.2) is 0 Å². The minimum atomic E-state index is -0.658. The van der Waals surface area contributed by atoms with Crippen molar-refractivity contribution < 1.29 is 9.90 Å². The molecule has 1 rings (SSSR count). The maximum atomic E-state index is 10.9. The maximum Gasteiger partial charge on any atom is 0.308 e.